The van der Waals surface area contributed by atoms with Gasteiger partial charge in [-0.05, 0) is 42.3 Å². The molecule has 0 spiro atoms. The monoisotopic (exact) mass is 374 g/mol. The molecule has 2 aromatic heterocycles. The normalized spacial score (nSPS) is 11.8. The van der Waals surface area contributed by atoms with Crippen molar-refractivity contribution in [2.45, 2.75) is 19.9 Å². The van der Waals surface area contributed by atoms with Crippen molar-refractivity contribution in [2.75, 3.05) is 0 Å². The second-order valence-electron chi connectivity index (χ2n) is 6.93. The van der Waals surface area contributed by atoms with E-state index in [9.17, 15) is 5.11 Å². The van der Waals surface area contributed by atoms with Crippen molar-refractivity contribution in [3.8, 4) is 16.9 Å². The van der Waals surface area contributed by atoms with E-state index in [1.54, 1.807) is 6.07 Å². The maximum absolute atomic E-state index is 10.1. The van der Waals surface area contributed by atoms with E-state index >= 15 is 0 Å². The third-order valence-electron chi connectivity index (χ3n) is 5.28. The zero-order chi connectivity index (χ0) is 18.5. The molecule has 0 saturated heterocycles. The molecule has 3 nitrogen and oxygen atoms in total. The van der Waals surface area contributed by atoms with Crippen LogP contribution in [0, 0.1) is 0 Å². The predicted octanol–water partition coefficient (Wildman–Crippen LogP) is 6.71. The van der Waals surface area contributed by atoms with E-state index in [1.165, 1.54) is 10.9 Å². The van der Waals surface area contributed by atoms with Gasteiger partial charge in [0.05, 0.1) is 5.52 Å². The second-order valence-corrected chi connectivity index (χ2v) is 7.34. The van der Waals surface area contributed by atoms with Crippen molar-refractivity contribution in [1.82, 2.24) is 9.55 Å². The summed E-state index contributed by atoms with van der Waals surface area (Å²) in [5.74, 6) is 0.289. The van der Waals surface area contributed by atoms with E-state index in [-0.39, 0.29) is 5.75 Å². The minimum Gasteiger partial charge on any atom is -0.508 e. The van der Waals surface area contributed by atoms with Gasteiger partial charge in [-0.25, -0.2) is 0 Å². The standard InChI is InChI=1S/C23H19ClN2O/c1-2-9-26-21-8-7-14(27)10-17(21)23-19-13-25-12-18(19)16(11-22(23)26)15-5-3-4-6-20(15)24/h3-8,10-13,25,27H,2,9H2,1H3. The molecule has 2 N–H and O–H groups in total. The summed E-state index contributed by atoms with van der Waals surface area (Å²) in [5, 5.41) is 15.4. The Morgan fingerprint density at radius 3 is 2.56 bits per heavy atom. The fourth-order valence-electron chi connectivity index (χ4n) is 4.17. The fourth-order valence-corrected chi connectivity index (χ4v) is 4.41. The zero-order valence-electron chi connectivity index (χ0n) is 15.0. The van der Waals surface area contributed by atoms with Crippen LogP contribution in [-0.2, 0) is 6.54 Å². The van der Waals surface area contributed by atoms with Gasteiger partial charge in [0.15, 0.2) is 0 Å². The van der Waals surface area contributed by atoms with Crippen molar-refractivity contribution in [1.29, 1.82) is 0 Å². The lowest BCUT2D eigenvalue weighted by Crippen LogP contribution is -1.96. The largest absolute Gasteiger partial charge is 0.508 e. The van der Waals surface area contributed by atoms with Gasteiger partial charge in [-0.15, -0.1) is 0 Å². The number of H-pyrrole nitrogens is 1. The molecule has 5 rings (SSSR count). The van der Waals surface area contributed by atoms with Crippen molar-refractivity contribution in [3.05, 3.63) is 65.9 Å². The van der Waals surface area contributed by atoms with Gasteiger partial charge in [0, 0.05) is 56.6 Å². The average molecular weight is 375 g/mol. The van der Waals surface area contributed by atoms with Gasteiger partial charge in [-0.1, -0.05) is 36.7 Å². The summed E-state index contributed by atoms with van der Waals surface area (Å²) in [6.07, 6.45) is 5.10. The summed E-state index contributed by atoms with van der Waals surface area (Å²) in [6, 6.07) is 15.8. The molecule has 0 amide bonds. The van der Waals surface area contributed by atoms with Gasteiger partial charge in [0.1, 0.15) is 5.75 Å². The van der Waals surface area contributed by atoms with Gasteiger partial charge in [0.25, 0.3) is 0 Å². The summed E-state index contributed by atoms with van der Waals surface area (Å²) >= 11 is 6.53. The second kappa shape index (κ2) is 6.07. The highest BCUT2D eigenvalue weighted by Crippen LogP contribution is 2.42. The summed E-state index contributed by atoms with van der Waals surface area (Å²) in [4.78, 5) is 3.27. The summed E-state index contributed by atoms with van der Waals surface area (Å²) in [5.41, 5.74) is 4.46. The van der Waals surface area contributed by atoms with Crippen LogP contribution in [0.25, 0.3) is 43.7 Å². The third-order valence-corrected chi connectivity index (χ3v) is 5.61. The number of phenolic OH excluding ortho intramolecular Hbond substituents is 1. The number of phenols is 1. The summed E-state index contributed by atoms with van der Waals surface area (Å²) in [6.45, 7) is 3.10. The summed E-state index contributed by atoms with van der Waals surface area (Å²) in [7, 11) is 0. The van der Waals surface area contributed by atoms with Crippen molar-refractivity contribution in [3.63, 3.8) is 0 Å². The Morgan fingerprint density at radius 2 is 1.74 bits per heavy atom. The van der Waals surface area contributed by atoms with Crippen molar-refractivity contribution < 1.29 is 5.11 Å². The number of aromatic hydroxyl groups is 1. The average Bonchev–Trinajstić information content (AvgIpc) is 3.25. The number of benzene rings is 3. The lowest BCUT2D eigenvalue weighted by Gasteiger charge is -2.10. The van der Waals surface area contributed by atoms with Crippen LogP contribution in [0.2, 0.25) is 5.02 Å². The van der Waals surface area contributed by atoms with E-state index in [4.69, 9.17) is 11.6 Å². The molecule has 4 heteroatoms. The maximum atomic E-state index is 10.1. The van der Waals surface area contributed by atoms with E-state index < -0.39 is 0 Å². The number of aromatic nitrogens is 2. The van der Waals surface area contributed by atoms with E-state index in [2.05, 4.69) is 28.6 Å². The Morgan fingerprint density at radius 1 is 0.926 bits per heavy atom. The summed E-state index contributed by atoms with van der Waals surface area (Å²) < 4.78 is 2.34. The zero-order valence-corrected chi connectivity index (χ0v) is 15.7. The number of nitrogens with zero attached hydrogens (tertiary/aromatic N) is 1. The Balaban J connectivity index is 2.00. The number of halogens is 1. The molecule has 0 saturated carbocycles. The molecule has 0 radical (unpaired) electrons. The van der Waals surface area contributed by atoms with Crippen LogP contribution in [0.3, 0.4) is 0 Å². The van der Waals surface area contributed by atoms with Gasteiger partial charge < -0.3 is 14.7 Å². The quantitative estimate of drug-likeness (QED) is 0.362. The molecule has 0 unspecified atom stereocenters. The minimum atomic E-state index is 0.289. The van der Waals surface area contributed by atoms with Crippen LogP contribution < -0.4 is 0 Å². The molecule has 134 valence electrons. The predicted molar refractivity (Wildman–Crippen MR) is 114 cm³/mol. The topological polar surface area (TPSA) is 41.0 Å². The third kappa shape index (κ3) is 2.35. The van der Waals surface area contributed by atoms with Crippen LogP contribution in [0.15, 0.2) is 60.9 Å². The molecule has 0 aliphatic heterocycles. The van der Waals surface area contributed by atoms with Crippen LogP contribution >= 0.6 is 11.6 Å². The highest BCUT2D eigenvalue weighted by Gasteiger charge is 2.18. The molecule has 0 bridgehead atoms. The molecular formula is C23H19ClN2O. The molecule has 2 heterocycles. The molecule has 0 aliphatic carbocycles. The van der Waals surface area contributed by atoms with Gasteiger partial charge in [0.2, 0.25) is 0 Å². The molecule has 0 atom stereocenters. The first-order chi connectivity index (χ1) is 13.2. The molecule has 0 fully saturated rings. The number of hydrogen-bond donors (Lipinski definition) is 2. The lowest BCUT2D eigenvalue weighted by molar-refractivity contribution is 0.476. The Hall–Kier alpha value is -2.91. The SMILES string of the molecule is CCCn1c2ccc(O)cc2c2c3c[nH]cc3c(-c3ccccc3Cl)cc21. The van der Waals surface area contributed by atoms with Crippen molar-refractivity contribution >= 4 is 44.2 Å². The Labute approximate surface area is 161 Å². The first-order valence-electron chi connectivity index (χ1n) is 9.18. The van der Waals surface area contributed by atoms with Crippen molar-refractivity contribution in [2.24, 2.45) is 0 Å². The highest BCUT2D eigenvalue weighted by atomic mass is 35.5. The van der Waals surface area contributed by atoms with E-state index in [1.807, 2.05) is 42.7 Å². The molecule has 5 aromatic rings. The van der Waals surface area contributed by atoms with E-state index in [0.717, 1.165) is 50.8 Å². The number of aromatic amines is 1. The Kier molecular flexibility index (Phi) is 3.66. The lowest BCUT2D eigenvalue weighted by atomic mass is 9.97. The first kappa shape index (κ1) is 16.3. The highest BCUT2D eigenvalue weighted by molar-refractivity contribution is 6.34. The van der Waals surface area contributed by atoms with Gasteiger partial charge in [-0.3, -0.25) is 0 Å². The number of nitrogens with one attached hydrogen (secondary N) is 1. The smallest absolute Gasteiger partial charge is 0.116 e. The molecule has 0 aliphatic rings. The number of rotatable bonds is 3. The number of fused-ring (bicyclic) bond motifs is 5. The van der Waals surface area contributed by atoms with E-state index in [0.29, 0.717) is 0 Å². The first-order valence-corrected chi connectivity index (χ1v) is 9.56. The van der Waals surface area contributed by atoms with Gasteiger partial charge >= 0.3 is 0 Å². The van der Waals surface area contributed by atoms with Crippen LogP contribution in [0.1, 0.15) is 13.3 Å². The fraction of sp³-hybridized carbons (Fsp3) is 0.130. The Bertz CT molecular complexity index is 1310. The minimum absolute atomic E-state index is 0.289. The maximum Gasteiger partial charge on any atom is 0.116 e. The molecule has 27 heavy (non-hydrogen) atoms. The van der Waals surface area contributed by atoms with Crippen LogP contribution in [0.4, 0.5) is 0 Å². The van der Waals surface area contributed by atoms with Crippen LogP contribution in [0.5, 0.6) is 5.75 Å². The van der Waals surface area contributed by atoms with Gasteiger partial charge in [-0.2, -0.15) is 0 Å². The molecule has 3 aromatic carbocycles. The number of hydrogen-bond acceptors (Lipinski definition) is 1. The molecular weight excluding hydrogens is 356 g/mol. The number of aryl methyl sites for hydroxylation is 1. The van der Waals surface area contributed by atoms with Crippen LogP contribution in [-0.4, -0.2) is 14.7 Å².